The summed E-state index contributed by atoms with van der Waals surface area (Å²) in [6.07, 6.45) is -10.3. The predicted octanol–water partition coefficient (Wildman–Crippen LogP) is 4.47. The number of aliphatic hydroxyl groups is 5. The summed E-state index contributed by atoms with van der Waals surface area (Å²) in [7, 11) is 5.24. The lowest BCUT2D eigenvalue weighted by molar-refractivity contribution is -0.302. The Morgan fingerprint density at radius 1 is 0.973 bits per heavy atom. The molecule has 5 N–H and O–H groups in total. The molecule has 5 heterocycles. The van der Waals surface area contributed by atoms with Crippen LogP contribution < -0.4 is 4.74 Å². The van der Waals surface area contributed by atoms with Crippen LogP contribution in [0.4, 0.5) is 13.2 Å². The molecule has 4 aliphatic heterocycles. The molecule has 420 valence electrons. The molecule has 0 spiro atoms. The minimum Gasteiger partial charge on any atom is -0.459 e. The summed E-state index contributed by atoms with van der Waals surface area (Å²) < 4.78 is 75.6. The van der Waals surface area contributed by atoms with Gasteiger partial charge in [0.25, 0.3) is 0 Å². The number of aliphatic hydroxyl groups excluding tert-OH is 3. The molecule has 4 aliphatic rings. The number of hydrogen-bond donors (Lipinski definition) is 5. The SMILES string of the molecule is CC[C@H]1OC(=O)[C@H](C)[C@@H](C2C[C@@](C)(OC)[C@@H](O)[C@H](C)O2)[C@H](C)[C@@H](O[C@@H]2O[C@H](C)C[C@H](N(C)CCc3cn(C[C@H]4CC(c5ccc(OC(F)(F)F)cc5)=NO4)nn3)[C@H]2O)[C@](C)(O)C[C@@H](C)CN(C)[C@H](C)[C@@H](O)[C@]1(C)O. The van der Waals surface area contributed by atoms with E-state index in [0.717, 1.165) is 0 Å². The summed E-state index contributed by atoms with van der Waals surface area (Å²) in [5.74, 6) is -3.62. The molecule has 2 aromatic rings. The number of carbonyl (C=O) groups is 1. The van der Waals surface area contributed by atoms with E-state index < -0.39 is 108 Å². The van der Waals surface area contributed by atoms with E-state index in [4.69, 9.17) is 28.5 Å². The molecule has 1 aromatic carbocycles. The Balaban J connectivity index is 1.21. The van der Waals surface area contributed by atoms with Gasteiger partial charge < -0.3 is 68.6 Å². The van der Waals surface area contributed by atoms with E-state index in [1.54, 1.807) is 52.4 Å². The number of cyclic esters (lactones) is 1. The first-order valence-electron chi connectivity index (χ1n) is 26.1. The third kappa shape index (κ3) is 13.9. The molecule has 0 aliphatic carbocycles. The first-order chi connectivity index (χ1) is 34.5. The van der Waals surface area contributed by atoms with Crippen molar-refractivity contribution in [3.8, 4) is 5.75 Å². The van der Waals surface area contributed by atoms with Crippen molar-refractivity contribution in [2.45, 2.75) is 211 Å². The van der Waals surface area contributed by atoms with Crippen molar-refractivity contribution in [1.29, 1.82) is 0 Å². The summed E-state index contributed by atoms with van der Waals surface area (Å²) in [5.41, 5.74) is -2.67. The highest BCUT2D eigenvalue weighted by atomic mass is 19.4. The molecule has 6 rings (SSSR count). The standard InChI is InChI=1S/C52H83F3N6O13/c1-14-41-51(10,67)44(63)32(6)60(12)25-28(2)23-49(8,66)46(30(4)42(31(5)47(65)71-41)40-24-50(9,68-13)45(64)33(7)70-40)72-48-43(62)39(21-29(3)69-48)59(11)20-19-35-26-61(58-56-35)27-37-22-38(57-74-37)34-15-17-36(18-16-34)73-52(53,54)55/h15-18,26,28-33,37,39-46,48,62-64,66-67H,14,19-25,27H2,1-13H3/t28-,29-,30+,31-,32-,33+,37-,39+,40?,41-,42+,43-,44-,45+,46-,48+,49-,50-,51-/m1/s1. The van der Waals surface area contributed by atoms with Gasteiger partial charge in [-0.05, 0) is 117 Å². The molecular weight excluding hydrogens is 974 g/mol. The fourth-order valence-corrected chi connectivity index (χ4v) is 12.0. The van der Waals surface area contributed by atoms with Crippen molar-refractivity contribution in [2.75, 3.05) is 34.3 Å². The lowest BCUT2D eigenvalue weighted by Gasteiger charge is -2.51. The Morgan fingerprint density at radius 2 is 1.65 bits per heavy atom. The maximum atomic E-state index is 14.6. The van der Waals surface area contributed by atoms with Crippen LogP contribution in [0.2, 0.25) is 0 Å². The van der Waals surface area contributed by atoms with E-state index in [2.05, 4.69) is 20.2 Å². The molecule has 3 saturated heterocycles. The summed E-state index contributed by atoms with van der Waals surface area (Å²) in [4.78, 5) is 24.2. The van der Waals surface area contributed by atoms with E-state index in [9.17, 15) is 43.5 Å². The van der Waals surface area contributed by atoms with Gasteiger partial charge in [0.05, 0.1) is 59.5 Å². The number of alkyl halides is 3. The van der Waals surface area contributed by atoms with Crippen molar-refractivity contribution >= 4 is 11.7 Å². The number of hydrogen-bond acceptors (Lipinski definition) is 18. The zero-order chi connectivity index (χ0) is 54.8. The first-order valence-corrected chi connectivity index (χ1v) is 26.1. The number of aromatic nitrogens is 3. The highest BCUT2D eigenvalue weighted by Gasteiger charge is 2.55. The van der Waals surface area contributed by atoms with Crippen LogP contribution in [0.1, 0.15) is 113 Å². The van der Waals surface area contributed by atoms with Crippen LogP contribution in [-0.4, -0.2) is 193 Å². The number of esters is 1. The average Bonchev–Trinajstić information content (AvgIpc) is 3.99. The lowest BCUT2D eigenvalue weighted by Crippen LogP contribution is -2.62. The third-order valence-corrected chi connectivity index (χ3v) is 16.3. The molecule has 0 radical (unpaired) electrons. The van der Waals surface area contributed by atoms with Gasteiger partial charge in [0.15, 0.2) is 12.4 Å². The smallest absolute Gasteiger partial charge is 0.459 e. The number of benzene rings is 1. The normalized spacial score (nSPS) is 40.5. The number of ether oxygens (including phenoxy) is 6. The highest BCUT2D eigenvalue weighted by molar-refractivity contribution is 6.01. The second-order valence-electron chi connectivity index (χ2n) is 22.5. The van der Waals surface area contributed by atoms with Crippen LogP contribution in [0.3, 0.4) is 0 Å². The van der Waals surface area contributed by atoms with Gasteiger partial charge in [-0.3, -0.25) is 4.79 Å². The molecule has 0 bridgehead atoms. The van der Waals surface area contributed by atoms with Crippen molar-refractivity contribution in [3.05, 3.63) is 41.7 Å². The Bertz CT molecular complexity index is 2170. The van der Waals surface area contributed by atoms with Crippen LogP contribution in [0, 0.1) is 23.7 Å². The third-order valence-electron chi connectivity index (χ3n) is 16.3. The van der Waals surface area contributed by atoms with E-state index >= 15 is 0 Å². The van der Waals surface area contributed by atoms with Crippen LogP contribution in [0.5, 0.6) is 5.75 Å². The van der Waals surface area contributed by atoms with Crippen LogP contribution >= 0.6 is 0 Å². The summed E-state index contributed by atoms with van der Waals surface area (Å²) in [6, 6.07) is 4.38. The number of oxime groups is 1. The minimum atomic E-state index is -4.79. The Kier molecular flexibility index (Phi) is 19.4. The van der Waals surface area contributed by atoms with Gasteiger partial charge >= 0.3 is 12.3 Å². The van der Waals surface area contributed by atoms with Gasteiger partial charge in [-0.1, -0.05) is 38.1 Å². The fraction of sp³-hybridized carbons (Fsp3) is 0.808. The largest absolute Gasteiger partial charge is 0.573 e. The Hall–Kier alpha value is -3.55. The van der Waals surface area contributed by atoms with Crippen LogP contribution in [-0.2, 0) is 46.3 Å². The molecule has 1 aromatic heterocycles. The van der Waals surface area contributed by atoms with Crippen molar-refractivity contribution in [3.63, 3.8) is 0 Å². The predicted molar refractivity (Wildman–Crippen MR) is 265 cm³/mol. The molecule has 22 heteroatoms. The monoisotopic (exact) mass is 1060 g/mol. The first kappa shape index (κ1) is 59.7. The number of likely N-dealkylation sites (N-methyl/N-ethyl adjacent to an activating group) is 2. The number of nitrogens with zero attached hydrogens (tertiary/aromatic N) is 6. The van der Waals surface area contributed by atoms with Gasteiger partial charge in [0.2, 0.25) is 0 Å². The molecule has 74 heavy (non-hydrogen) atoms. The number of halogens is 3. The van der Waals surface area contributed by atoms with Crippen molar-refractivity contribution in [1.82, 2.24) is 24.8 Å². The topological polar surface area (TPSA) is 232 Å². The zero-order valence-corrected chi connectivity index (χ0v) is 45.3. The molecule has 19 nitrogen and oxygen atoms in total. The van der Waals surface area contributed by atoms with Gasteiger partial charge in [-0.15, -0.1) is 18.3 Å². The van der Waals surface area contributed by atoms with E-state index in [0.29, 0.717) is 55.9 Å². The zero-order valence-electron chi connectivity index (χ0n) is 45.3. The van der Waals surface area contributed by atoms with Crippen molar-refractivity contribution < 1.29 is 76.8 Å². The van der Waals surface area contributed by atoms with Crippen molar-refractivity contribution in [2.24, 2.45) is 28.8 Å². The number of carbonyl (C=O) groups excluding carboxylic acids is 1. The number of rotatable bonds is 13. The summed E-state index contributed by atoms with van der Waals surface area (Å²) in [5, 5.41) is 72.9. The Morgan fingerprint density at radius 3 is 2.28 bits per heavy atom. The van der Waals surface area contributed by atoms with Crippen LogP contribution in [0.15, 0.2) is 35.6 Å². The van der Waals surface area contributed by atoms with E-state index in [1.165, 1.54) is 38.3 Å². The molecule has 19 atom stereocenters. The molecule has 3 fully saturated rings. The molecule has 0 amide bonds. The maximum Gasteiger partial charge on any atom is 0.573 e. The molecular formula is C52H83F3N6O13. The quantitative estimate of drug-likeness (QED) is 0.174. The molecule has 0 saturated carbocycles. The van der Waals surface area contributed by atoms with E-state index in [1.807, 2.05) is 44.7 Å². The van der Waals surface area contributed by atoms with E-state index in [-0.39, 0.29) is 43.1 Å². The minimum absolute atomic E-state index is 0.164. The highest BCUT2D eigenvalue weighted by Crippen LogP contribution is 2.45. The van der Waals surface area contributed by atoms with Gasteiger partial charge in [0, 0.05) is 63.7 Å². The average molecular weight is 1060 g/mol. The fourth-order valence-electron chi connectivity index (χ4n) is 12.0. The van der Waals surface area contributed by atoms with Crippen LogP contribution in [0.25, 0.3) is 0 Å². The van der Waals surface area contributed by atoms with Gasteiger partial charge in [-0.2, -0.15) is 0 Å². The molecule has 1 unspecified atom stereocenters. The summed E-state index contributed by atoms with van der Waals surface area (Å²) in [6.45, 7) is 18.9. The lowest BCUT2D eigenvalue weighted by atomic mass is 9.68. The van der Waals surface area contributed by atoms with Gasteiger partial charge in [0.1, 0.15) is 35.8 Å². The second kappa shape index (κ2) is 24.0. The van der Waals surface area contributed by atoms with Gasteiger partial charge in [-0.25, -0.2) is 4.68 Å². The summed E-state index contributed by atoms with van der Waals surface area (Å²) >= 11 is 0. The Labute approximate surface area is 433 Å². The number of methoxy groups -OCH3 is 1. The maximum absolute atomic E-state index is 14.6. The second-order valence-corrected chi connectivity index (χ2v) is 22.5.